The first-order valence-corrected chi connectivity index (χ1v) is 13.2. The third-order valence-corrected chi connectivity index (χ3v) is 6.83. The molecule has 0 aromatic heterocycles. The lowest BCUT2D eigenvalue weighted by atomic mass is 9.91. The molecule has 0 aromatic rings. The minimum atomic E-state index is -0.384. The van der Waals surface area contributed by atoms with Crippen molar-refractivity contribution in [2.45, 2.75) is 92.2 Å². The predicted octanol–water partition coefficient (Wildman–Crippen LogP) is 3.04. The molecule has 2 heterocycles. The number of likely N-dealkylation sites (tertiary alicyclic amines) is 1. The molecule has 0 aliphatic carbocycles. The summed E-state index contributed by atoms with van der Waals surface area (Å²) in [6.45, 7) is 16.2. The van der Waals surface area contributed by atoms with E-state index in [1.54, 1.807) is 0 Å². The number of carbonyl (C=O) groups excluding carboxylic acids is 3. The molecule has 7 heteroatoms. The normalized spacial score (nSPS) is 21.2. The lowest BCUT2D eigenvalue weighted by molar-refractivity contribution is -0.150. The molecule has 2 atom stereocenters. The largest absolute Gasteiger partial charge is 0.356 e. The highest BCUT2D eigenvalue weighted by Crippen LogP contribution is 2.24. The molecule has 2 aliphatic rings. The molecule has 2 fully saturated rings. The van der Waals surface area contributed by atoms with Gasteiger partial charge < -0.3 is 20.4 Å². The van der Waals surface area contributed by atoms with Crippen molar-refractivity contribution in [2.24, 2.45) is 23.7 Å². The van der Waals surface area contributed by atoms with E-state index < -0.39 is 0 Å². The van der Waals surface area contributed by atoms with Crippen molar-refractivity contribution in [3.8, 4) is 0 Å². The quantitative estimate of drug-likeness (QED) is 0.492. The van der Waals surface area contributed by atoms with Crippen LogP contribution in [0.1, 0.15) is 80.1 Å². The van der Waals surface area contributed by atoms with E-state index >= 15 is 0 Å². The molecule has 33 heavy (non-hydrogen) atoms. The molecule has 3 amide bonds. The smallest absolute Gasteiger partial charge is 0.245 e. The number of piperidine rings is 1. The SMILES string of the molecule is CC(C)CCNC(=O)CC1CCN(C(=O)[C@H](CC(C)C)N2CCN[C@@H](CC(C)C)C2=O)CC1. The minimum absolute atomic E-state index is 0.0712. The van der Waals surface area contributed by atoms with Crippen LogP contribution in [0.15, 0.2) is 0 Å². The third kappa shape index (κ3) is 8.91. The molecule has 2 saturated heterocycles. The van der Waals surface area contributed by atoms with Gasteiger partial charge in [0.05, 0.1) is 6.04 Å². The lowest BCUT2D eigenvalue weighted by Gasteiger charge is -2.42. The number of piperazine rings is 1. The van der Waals surface area contributed by atoms with E-state index in [4.69, 9.17) is 0 Å². The minimum Gasteiger partial charge on any atom is -0.356 e. The first-order chi connectivity index (χ1) is 15.6. The van der Waals surface area contributed by atoms with Crippen LogP contribution in [0.5, 0.6) is 0 Å². The third-order valence-electron chi connectivity index (χ3n) is 6.83. The van der Waals surface area contributed by atoms with Crippen LogP contribution in [0, 0.1) is 23.7 Å². The maximum absolute atomic E-state index is 13.6. The molecule has 0 saturated carbocycles. The van der Waals surface area contributed by atoms with Gasteiger partial charge in [0.1, 0.15) is 6.04 Å². The summed E-state index contributed by atoms with van der Waals surface area (Å²) in [7, 11) is 0. The van der Waals surface area contributed by atoms with E-state index in [0.29, 0.717) is 56.1 Å². The van der Waals surface area contributed by atoms with Crippen LogP contribution in [-0.2, 0) is 14.4 Å². The van der Waals surface area contributed by atoms with Gasteiger partial charge in [0.2, 0.25) is 17.7 Å². The summed E-state index contributed by atoms with van der Waals surface area (Å²) in [4.78, 5) is 42.8. The molecule has 7 nitrogen and oxygen atoms in total. The Hall–Kier alpha value is -1.63. The summed E-state index contributed by atoms with van der Waals surface area (Å²) in [5.41, 5.74) is 0. The second-order valence-corrected chi connectivity index (χ2v) is 11.3. The van der Waals surface area contributed by atoms with E-state index in [1.165, 1.54) is 0 Å². The Labute approximate surface area is 201 Å². The standard InChI is InChI=1S/C26H48N4O3/c1-18(2)7-10-28-24(31)17-21-8-12-29(13-9-21)26(33)23(16-20(5)6)30-14-11-27-22(25(30)32)15-19(3)4/h18-23,27H,7-17H2,1-6H3,(H,28,31)/t22-,23-/m0/s1. The number of amides is 3. The molecule has 0 unspecified atom stereocenters. The highest BCUT2D eigenvalue weighted by atomic mass is 16.2. The van der Waals surface area contributed by atoms with Gasteiger partial charge in [-0.3, -0.25) is 14.4 Å². The first-order valence-electron chi connectivity index (χ1n) is 13.2. The second kappa shape index (κ2) is 13.3. The van der Waals surface area contributed by atoms with Crippen LogP contribution < -0.4 is 10.6 Å². The Bertz CT molecular complexity index is 641. The van der Waals surface area contributed by atoms with E-state index in [-0.39, 0.29) is 29.8 Å². The summed E-state index contributed by atoms with van der Waals surface area (Å²) in [6, 6.07) is -0.577. The van der Waals surface area contributed by atoms with Crippen LogP contribution in [0.25, 0.3) is 0 Å². The number of nitrogens with zero attached hydrogens (tertiary/aromatic N) is 2. The van der Waals surface area contributed by atoms with Gasteiger partial charge in [-0.25, -0.2) is 0 Å². The van der Waals surface area contributed by atoms with Crippen LogP contribution in [0.3, 0.4) is 0 Å². The zero-order valence-corrected chi connectivity index (χ0v) is 21.9. The second-order valence-electron chi connectivity index (χ2n) is 11.3. The van der Waals surface area contributed by atoms with Crippen molar-refractivity contribution in [2.75, 3.05) is 32.7 Å². The molecule has 0 radical (unpaired) electrons. The van der Waals surface area contributed by atoms with E-state index in [9.17, 15) is 14.4 Å². The number of hydrogen-bond donors (Lipinski definition) is 2. The van der Waals surface area contributed by atoms with Gasteiger partial charge in [0.25, 0.3) is 0 Å². The molecule has 0 aromatic carbocycles. The van der Waals surface area contributed by atoms with Crippen molar-refractivity contribution in [1.29, 1.82) is 0 Å². The van der Waals surface area contributed by atoms with Gasteiger partial charge in [-0.15, -0.1) is 0 Å². The number of hydrogen-bond acceptors (Lipinski definition) is 4. The van der Waals surface area contributed by atoms with Crippen molar-refractivity contribution in [3.05, 3.63) is 0 Å². The Kier molecular flexibility index (Phi) is 11.1. The summed E-state index contributed by atoms with van der Waals surface area (Å²) in [5, 5.41) is 6.38. The van der Waals surface area contributed by atoms with E-state index in [1.807, 2.05) is 9.80 Å². The number of nitrogens with one attached hydrogen (secondary N) is 2. The fourth-order valence-corrected chi connectivity index (χ4v) is 4.93. The molecular formula is C26H48N4O3. The highest BCUT2D eigenvalue weighted by molar-refractivity contribution is 5.90. The van der Waals surface area contributed by atoms with Crippen molar-refractivity contribution < 1.29 is 14.4 Å². The Morgan fingerprint density at radius 2 is 1.67 bits per heavy atom. The Morgan fingerprint density at radius 3 is 2.24 bits per heavy atom. The Morgan fingerprint density at radius 1 is 1.00 bits per heavy atom. The van der Waals surface area contributed by atoms with Crippen LogP contribution >= 0.6 is 0 Å². The van der Waals surface area contributed by atoms with Crippen LogP contribution in [0.2, 0.25) is 0 Å². The van der Waals surface area contributed by atoms with Crippen LogP contribution in [-0.4, -0.2) is 72.3 Å². The van der Waals surface area contributed by atoms with Gasteiger partial charge in [0, 0.05) is 39.1 Å². The average Bonchev–Trinajstić information content (AvgIpc) is 2.73. The Balaban J connectivity index is 1.93. The van der Waals surface area contributed by atoms with Crippen LogP contribution in [0.4, 0.5) is 0 Å². The van der Waals surface area contributed by atoms with Gasteiger partial charge in [-0.1, -0.05) is 41.5 Å². The maximum Gasteiger partial charge on any atom is 0.245 e. The summed E-state index contributed by atoms with van der Waals surface area (Å²) in [5.74, 6) is 1.95. The van der Waals surface area contributed by atoms with Gasteiger partial charge >= 0.3 is 0 Å². The highest BCUT2D eigenvalue weighted by Gasteiger charge is 2.39. The zero-order valence-electron chi connectivity index (χ0n) is 21.9. The number of carbonyl (C=O) groups is 3. The molecular weight excluding hydrogens is 416 g/mol. The topological polar surface area (TPSA) is 81.8 Å². The van der Waals surface area contributed by atoms with E-state index in [2.05, 4.69) is 52.2 Å². The molecule has 2 N–H and O–H groups in total. The van der Waals surface area contributed by atoms with Gasteiger partial charge in [0.15, 0.2) is 0 Å². The fraction of sp³-hybridized carbons (Fsp3) is 0.885. The summed E-state index contributed by atoms with van der Waals surface area (Å²) in [6.07, 6.45) is 4.73. The average molecular weight is 465 g/mol. The monoisotopic (exact) mass is 464 g/mol. The van der Waals surface area contributed by atoms with Gasteiger partial charge in [-0.2, -0.15) is 0 Å². The number of rotatable bonds is 11. The predicted molar refractivity (Wildman–Crippen MR) is 133 cm³/mol. The molecule has 0 spiro atoms. The fourth-order valence-electron chi connectivity index (χ4n) is 4.93. The summed E-state index contributed by atoms with van der Waals surface area (Å²) < 4.78 is 0. The summed E-state index contributed by atoms with van der Waals surface area (Å²) >= 11 is 0. The maximum atomic E-state index is 13.6. The first kappa shape index (κ1) is 27.6. The van der Waals surface area contributed by atoms with Gasteiger partial charge in [-0.05, 0) is 55.8 Å². The lowest BCUT2D eigenvalue weighted by Crippen LogP contribution is -2.62. The van der Waals surface area contributed by atoms with E-state index in [0.717, 1.165) is 38.8 Å². The molecule has 2 aliphatic heterocycles. The van der Waals surface area contributed by atoms with Crippen molar-refractivity contribution in [3.63, 3.8) is 0 Å². The molecule has 2 rings (SSSR count). The molecule has 190 valence electrons. The van der Waals surface area contributed by atoms with Crippen molar-refractivity contribution >= 4 is 17.7 Å². The zero-order chi connectivity index (χ0) is 24.5. The van der Waals surface area contributed by atoms with Crippen molar-refractivity contribution in [1.82, 2.24) is 20.4 Å². The molecule has 0 bridgehead atoms.